The zero-order valence-electron chi connectivity index (χ0n) is 14.6. The summed E-state index contributed by atoms with van der Waals surface area (Å²) in [6.07, 6.45) is 4.76. The molecule has 1 amide bonds. The molecular formula is C17H33N3O. The molecule has 2 aliphatic rings. The molecule has 0 N–H and O–H groups in total. The number of nitrogens with zero attached hydrogens (tertiary/aromatic N) is 3. The third-order valence-corrected chi connectivity index (χ3v) is 5.15. The summed E-state index contributed by atoms with van der Waals surface area (Å²) in [6, 6.07) is 0.139. The maximum atomic E-state index is 12.3. The molecule has 0 bridgehead atoms. The lowest BCUT2D eigenvalue weighted by Gasteiger charge is -2.42. The van der Waals surface area contributed by atoms with Gasteiger partial charge in [0.2, 0.25) is 5.91 Å². The first kappa shape index (κ1) is 16.8. The third-order valence-electron chi connectivity index (χ3n) is 5.15. The lowest BCUT2D eigenvalue weighted by atomic mass is 9.92. The molecule has 0 aliphatic carbocycles. The summed E-state index contributed by atoms with van der Waals surface area (Å²) in [7, 11) is 3.75. The van der Waals surface area contributed by atoms with Gasteiger partial charge >= 0.3 is 0 Å². The molecule has 0 aromatic rings. The first-order valence-electron chi connectivity index (χ1n) is 8.49. The summed E-state index contributed by atoms with van der Waals surface area (Å²) in [4.78, 5) is 19.0. The molecule has 4 nitrogen and oxygen atoms in total. The van der Waals surface area contributed by atoms with Crippen molar-refractivity contribution in [2.45, 2.75) is 58.0 Å². The number of rotatable bonds is 3. The molecule has 2 aliphatic heterocycles. The van der Waals surface area contributed by atoms with Gasteiger partial charge in [-0.15, -0.1) is 0 Å². The average molecular weight is 295 g/mol. The van der Waals surface area contributed by atoms with Crippen LogP contribution < -0.4 is 0 Å². The van der Waals surface area contributed by atoms with Crippen LogP contribution in [0.25, 0.3) is 0 Å². The topological polar surface area (TPSA) is 26.8 Å². The van der Waals surface area contributed by atoms with Crippen molar-refractivity contribution in [3.8, 4) is 0 Å². The van der Waals surface area contributed by atoms with Crippen molar-refractivity contribution in [3.05, 3.63) is 0 Å². The smallest absolute Gasteiger partial charge is 0.239 e. The molecule has 0 unspecified atom stereocenters. The van der Waals surface area contributed by atoms with Gasteiger partial charge in [0.15, 0.2) is 0 Å². The van der Waals surface area contributed by atoms with Crippen LogP contribution in [0.4, 0.5) is 0 Å². The zero-order chi connectivity index (χ0) is 15.6. The molecule has 1 atom stereocenters. The van der Waals surface area contributed by atoms with Crippen LogP contribution in [-0.2, 0) is 4.79 Å². The number of hydrogen-bond acceptors (Lipinski definition) is 3. The predicted molar refractivity (Wildman–Crippen MR) is 87.3 cm³/mol. The van der Waals surface area contributed by atoms with E-state index in [9.17, 15) is 4.79 Å². The lowest BCUT2D eigenvalue weighted by molar-refractivity contribution is -0.133. The highest BCUT2D eigenvalue weighted by atomic mass is 16.2. The number of hydrogen-bond donors (Lipinski definition) is 0. The number of amides is 1. The molecule has 2 heterocycles. The Morgan fingerprint density at radius 3 is 2.24 bits per heavy atom. The van der Waals surface area contributed by atoms with E-state index in [1.807, 2.05) is 14.1 Å². The Hall–Kier alpha value is -0.610. The Balaban J connectivity index is 1.84. The van der Waals surface area contributed by atoms with Crippen LogP contribution >= 0.6 is 0 Å². The van der Waals surface area contributed by atoms with Crippen LogP contribution in [0.2, 0.25) is 0 Å². The Labute approximate surface area is 130 Å². The number of carbonyl (C=O) groups excluding carboxylic acids is 1. The standard InChI is InChI=1S/C17H33N3O/c1-17(2,3)20-11-8-14(9-12-20)13-19-10-6-7-15(19)16(21)18(4)5/h14-15H,6-13H2,1-5H3/t15-/m0/s1. The second kappa shape index (κ2) is 6.66. The lowest BCUT2D eigenvalue weighted by Crippen LogP contribution is -2.49. The van der Waals surface area contributed by atoms with E-state index in [1.165, 1.54) is 32.4 Å². The molecule has 4 heteroatoms. The number of likely N-dealkylation sites (N-methyl/N-ethyl adjacent to an activating group) is 1. The first-order valence-corrected chi connectivity index (χ1v) is 8.49. The largest absolute Gasteiger partial charge is 0.347 e. The van der Waals surface area contributed by atoms with Crippen LogP contribution in [0, 0.1) is 5.92 Å². The summed E-state index contributed by atoms with van der Waals surface area (Å²) in [5.41, 5.74) is 0.294. The van der Waals surface area contributed by atoms with Gasteiger partial charge < -0.3 is 4.90 Å². The maximum Gasteiger partial charge on any atom is 0.239 e. The van der Waals surface area contributed by atoms with Crippen molar-refractivity contribution in [2.24, 2.45) is 5.92 Å². The third kappa shape index (κ3) is 4.19. The van der Waals surface area contributed by atoms with Crippen LogP contribution in [0.15, 0.2) is 0 Å². The zero-order valence-corrected chi connectivity index (χ0v) is 14.6. The minimum atomic E-state index is 0.139. The Kier molecular flexibility index (Phi) is 5.31. The number of piperidine rings is 1. The van der Waals surface area contributed by atoms with E-state index in [0.29, 0.717) is 11.4 Å². The highest BCUT2D eigenvalue weighted by molar-refractivity contribution is 5.81. The van der Waals surface area contributed by atoms with Crippen molar-refractivity contribution >= 4 is 5.91 Å². The van der Waals surface area contributed by atoms with Gasteiger partial charge in [-0.3, -0.25) is 14.6 Å². The molecule has 0 spiro atoms. The van der Waals surface area contributed by atoms with Crippen molar-refractivity contribution in [1.29, 1.82) is 0 Å². The minimum absolute atomic E-state index is 0.139. The number of likely N-dealkylation sites (tertiary alicyclic amines) is 2. The van der Waals surface area contributed by atoms with Gasteiger partial charge in [-0.2, -0.15) is 0 Å². The summed E-state index contributed by atoms with van der Waals surface area (Å²) >= 11 is 0. The molecule has 122 valence electrons. The van der Waals surface area contributed by atoms with Gasteiger partial charge in [0.25, 0.3) is 0 Å². The predicted octanol–water partition coefficient (Wildman–Crippen LogP) is 2.05. The van der Waals surface area contributed by atoms with E-state index in [2.05, 4.69) is 30.6 Å². The van der Waals surface area contributed by atoms with Gasteiger partial charge in [0, 0.05) is 26.2 Å². The van der Waals surface area contributed by atoms with E-state index >= 15 is 0 Å². The Morgan fingerprint density at radius 2 is 1.71 bits per heavy atom. The fraction of sp³-hybridized carbons (Fsp3) is 0.941. The molecule has 0 radical (unpaired) electrons. The van der Waals surface area contributed by atoms with Crippen molar-refractivity contribution in [1.82, 2.24) is 14.7 Å². The monoisotopic (exact) mass is 295 g/mol. The molecule has 21 heavy (non-hydrogen) atoms. The van der Waals surface area contributed by atoms with Gasteiger partial charge in [-0.1, -0.05) is 0 Å². The summed E-state index contributed by atoms with van der Waals surface area (Å²) in [5, 5.41) is 0. The molecule has 2 rings (SSSR count). The first-order chi connectivity index (χ1) is 9.79. The van der Waals surface area contributed by atoms with Crippen LogP contribution in [-0.4, -0.2) is 72.5 Å². The van der Waals surface area contributed by atoms with Gasteiger partial charge in [0.1, 0.15) is 0 Å². The van der Waals surface area contributed by atoms with Gasteiger partial charge in [-0.05, 0) is 72.0 Å². The summed E-state index contributed by atoms with van der Waals surface area (Å²) in [5.74, 6) is 1.05. The van der Waals surface area contributed by atoms with Gasteiger partial charge in [-0.25, -0.2) is 0 Å². The van der Waals surface area contributed by atoms with Crippen molar-refractivity contribution in [2.75, 3.05) is 40.3 Å². The van der Waals surface area contributed by atoms with Crippen LogP contribution in [0.3, 0.4) is 0 Å². The minimum Gasteiger partial charge on any atom is -0.347 e. The molecule has 0 aromatic carbocycles. The van der Waals surface area contributed by atoms with E-state index in [4.69, 9.17) is 0 Å². The van der Waals surface area contributed by atoms with E-state index < -0.39 is 0 Å². The second-order valence-electron chi connectivity index (χ2n) is 7.99. The summed E-state index contributed by atoms with van der Waals surface area (Å²) in [6.45, 7) is 11.5. The normalized spacial score (nSPS) is 26.2. The second-order valence-corrected chi connectivity index (χ2v) is 7.99. The average Bonchev–Trinajstić information content (AvgIpc) is 2.85. The molecule has 0 aromatic heterocycles. The molecular weight excluding hydrogens is 262 g/mol. The summed E-state index contributed by atoms with van der Waals surface area (Å²) < 4.78 is 0. The SMILES string of the molecule is CN(C)C(=O)[C@@H]1CCCN1CC1CCN(C(C)(C)C)CC1. The number of carbonyl (C=O) groups is 1. The molecule has 2 fully saturated rings. The molecule has 2 saturated heterocycles. The van der Waals surface area contributed by atoms with Crippen LogP contribution in [0.5, 0.6) is 0 Å². The maximum absolute atomic E-state index is 12.3. The molecule has 0 saturated carbocycles. The fourth-order valence-corrected chi connectivity index (χ4v) is 3.74. The van der Waals surface area contributed by atoms with E-state index in [0.717, 1.165) is 25.4 Å². The van der Waals surface area contributed by atoms with Crippen LogP contribution in [0.1, 0.15) is 46.5 Å². The highest BCUT2D eigenvalue weighted by Gasteiger charge is 2.34. The fourth-order valence-electron chi connectivity index (χ4n) is 3.74. The Bertz CT molecular complexity index is 354. The van der Waals surface area contributed by atoms with Crippen molar-refractivity contribution < 1.29 is 4.79 Å². The Morgan fingerprint density at radius 1 is 1.10 bits per heavy atom. The quantitative estimate of drug-likeness (QED) is 0.797. The highest BCUT2D eigenvalue weighted by Crippen LogP contribution is 2.27. The van der Waals surface area contributed by atoms with E-state index in [1.54, 1.807) is 4.90 Å². The van der Waals surface area contributed by atoms with Gasteiger partial charge in [0.05, 0.1) is 6.04 Å². The van der Waals surface area contributed by atoms with Crippen molar-refractivity contribution in [3.63, 3.8) is 0 Å². The van der Waals surface area contributed by atoms with E-state index in [-0.39, 0.29) is 6.04 Å².